The van der Waals surface area contributed by atoms with Gasteiger partial charge in [-0.05, 0) is 56.0 Å². The van der Waals surface area contributed by atoms with Crippen LogP contribution < -0.4 is 20.8 Å². The molecule has 0 atom stereocenters. The first-order chi connectivity index (χ1) is 15.8. The van der Waals surface area contributed by atoms with Crippen molar-refractivity contribution in [1.29, 1.82) is 0 Å². The van der Waals surface area contributed by atoms with Crippen molar-refractivity contribution >= 4 is 29.6 Å². The van der Waals surface area contributed by atoms with Gasteiger partial charge in [0.2, 0.25) is 0 Å². The van der Waals surface area contributed by atoms with Gasteiger partial charge in [-0.2, -0.15) is 5.10 Å². The Morgan fingerprint density at radius 2 is 1.76 bits per heavy atom. The zero-order valence-corrected chi connectivity index (χ0v) is 19.4. The normalized spacial score (nSPS) is 10.7. The molecule has 2 aromatic rings. The molecule has 0 aliphatic heterocycles. The maximum atomic E-state index is 12.3. The standard InChI is InChI=1S/C24H30N4O5/c1-16-11-17(2)22(18(3)12-16)27-21(29)15-33-20-8-5-7-19(13-20)14-26-28-24(31)23(30)25-9-6-10-32-4/h5,7-8,11-14H,6,9-10,15H2,1-4H3,(H,25,30)(H,27,29)(H,28,31)/b26-14-. The number of hydrazone groups is 1. The number of rotatable bonds is 10. The molecule has 0 saturated heterocycles. The van der Waals surface area contributed by atoms with E-state index in [2.05, 4.69) is 21.2 Å². The lowest BCUT2D eigenvalue weighted by atomic mass is 10.1. The number of carbonyl (C=O) groups is 3. The van der Waals surface area contributed by atoms with E-state index in [1.165, 1.54) is 6.21 Å². The molecule has 0 spiro atoms. The Bertz CT molecular complexity index is 997. The van der Waals surface area contributed by atoms with E-state index in [-0.39, 0.29) is 12.5 Å². The molecule has 176 valence electrons. The smallest absolute Gasteiger partial charge is 0.329 e. The first kappa shape index (κ1) is 25.5. The zero-order chi connectivity index (χ0) is 24.2. The maximum Gasteiger partial charge on any atom is 0.329 e. The van der Waals surface area contributed by atoms with Crippen LogP contribution in [0.25, 0.3) is 0 Å². The third kappa shape index (κ3) is 8.74. The van der Waals surface area contributed by atoms with Crippen molar-refractivity contribution in [2.24, 2.45) is 5.10 Å². The molecule has 0 aliphatic carbocycles. The van der Waals surface area contributed by atoms with E-state index in [0.29, 0.717) is 30.9 Å². The van der Waals surface area contributed by atoms with Gasteiger partial charge in [-0.1, -0.05) is 29.8 Å². The molecule has 0 fully saturated rings. The van der Waals surface area contributed by atoms with Crippen molar-refractivity contribution < 1.29 is 23.9 Å². The summed E-state index contributed by atoms with van der Waals surface area (Å²) in [5, 5.41) is 9.13. The molecule has 2 rings (SSSR count). The van der Waals surface area contributed by atoms with Crippen LogP contribution in [-0.2, 0) is 19.1 Å². The fourth-order valence-electron chi connectivity index (χ4n) is 3.10. The lowest BCUT2D eigenvalue weighted by Gasteiger charge is -2.13. The average Bonchev–Trinajstić information content (AvgIpc) is 2.77. The van der Waals surface area contributed by atoms with Crippen LogP contribution in [0.2, 0.25) is 0 Å². The Morgan fingerprint density at radius 1 is 1.03 bits per heavy atom. The molecule has 3 N–H and O–H groups in total. The van der Waals surface area contributed by atoms with Crippen LogP contribution in [0.5, 0.6) is 5.75 Å². The largest absolute Gasteiger partial charge is 0.484 e. The summed E-state index contributed by atoms with van der Waals surface area (Å²) in [5.74, 6) is -1.44. The average molecular weight is 455 g/mol. The van der Waals surface area contributed by atoms with Crippen molar-refractivity contribution in [3.63, 3.8) is 0 Å². The van der Waals surface area contributed by atoms with Crippen LogP contribution >= 0.6 is 0 Å². The first-order valence-corrected chi connectivity index (χ1v) is 10.5. The molecular weight excluding hydrogens is 424 g/mol. The van der Waals surface area contributed by atoms with Crippen molar-refractivity contribution in [3.05, 3.63) is 58.7 Å². The first-order valence-electron chi connectivity index (χ1n) is 10.5. The predicted octanol–water partition coefficient (Wildman–Crippen LogP) is 2.23. The molecule has 0 aliphatic rings. The SMILES string of the molecule is COCCCNC(=O)C(=O)N/N=C\c1cccc(OCC(=O)Nc2c(C)cc(C)cc2C)c1. The summed E-state index contributed by atoms with van der Waals surface area (Å²) in [6, 6.07) is 10.9. The van der Waals surface area contributed by atoms with Crippen LogP contribution in [0.1, 0.15) is 28.7 Å². The zero-order valence-electron chi connectivity index (χ0n) is 19.4. The van der Waals surface area contributed by atoms with Gasteiger partial charge in [0.25, 0.3) is 5.91 Å². The lowest BCUT2D eigenvalue weighted by Crippen LogP contribution is -2.38. The highest BCUT2D eigenvalue weighted by molar-refractivity contribution is 6.35. The van der Waals surface area contributed by atoms with Gasteiger partial charge in [-0.25, -0.2) is 5.43 Å². The summed E-state index contributed by atoms with van der Waals surface area (Å²) in [4.78, 5) is 35.7. The molecule has 0 radical (unpaired) electrons. The minimum absolute atomic E-state index is 0.159. The van der Waals surface area contributed by atoms with Crippen LogP contribution in [0.3, 0.4) is 0 Å². The number of hydrogen-bond donors (Lipinski definition) is 3. The minimum Gasteiger partial charge on any atom is -0.484 e. The number of amides is 3. The van der Waals surface area contributed by atoms with Crippen LogP contribution in [0, 0.1) is 20.8 Å². The van der Waals surface area contributed by atoms with Gasteiger partial charge >= 0.3 is 11.8 Å². The topological polar surface area (TPSA) is 118 Å². The molecule has 0 unspecified atom stereocenters. The summed E-state index contributed by atoms with van der Waals surface area (Å²) in [5.41, 5.74) is 6.69. The maximum absolute atomic E-state index is 12.3. The Labute approximate surface area is 193 Å². The second kappa shape index (κ2) is 13.0. The third-order valence-electron chi connectivity index (χ3n) is 4.57. The summed E-state index contributed by atoms with van der Waals surface area (Å²) < 4.78 is 10.4. The van der Waals surface area contributed by atoms with Crippen molar-refractivity contribution in [3.8, 4) is 5.75 Å². The number of benzene rings is 2. The molecule has 33 heavy (non-hydrogen) atoms. The number of carbonyl (C=O) groups excluding carboxylic acids is 3. The Balaban J connectivity index is 1.84. The van der Waals surface area contributed by atoms with E-state index in [9.17, 15) is 14.4 Å². The fourth-order valence-corrected chi connectivity index (χ4v) is 3.10. The monoisotopic (exact) mass is 454 g/mol. The second-order valence-corrected chi connectivity index (χ2v) is 7.48. The van der Waals surface area contributed by atoms with Crippen molar-refractivity contribution in [2.75, 3.05) is 32.2 Å². The molecule has 9 heteroatoms. The highest BCUT2D eigenvalue weighted by Crippen LogP contribution is 2.22. The summed E-state index contributed by atoms with van der Waals surface area (Å²) in [6.07, 6.45) is 1.98. The van der Waals surface area contributed by atoms with Gasteiger partial charge in [-0.3, -0.25) is 14.4 Å². The molecule has 2 aromatic carbocycles. The highest BCUT2D eigenvalue weighted by Gasteiger charge is 2.11. The number of aryl methyl sites for hydroxylation is 3. The molecule has 0 bridgehead atoms. The Morgan fingerprint density at radius 3 is 2.45 bits per heavy atom. The van der Waals surface area contributed by atoms with E-state index in [4.69, 9.17) is 9.47 Å². The summed E-state index contributed by atoms with van der Waals surface area (Å²) in [6.45, 7) is 6.57. The third-order valence-corrected chi connectivity index (χ3v) is 4.57. The molecule has 9 nitrogen and oxygen atoms in total. The van der Waals surface area contributed by atoms with E-state index >= 15 is 0 Å². The number of hydrogen-bond acceptors (Lipinski definition) is 6. The summed E-state index contributed by atoms with van der Waals surface area (Å²) >= 11 is 0. The predicted molar refractivity (Wildman–Crippen MR) is 126 cm³/mol. The molecule has 0 heterocycles. The van der Waals surface area contributed by atoms with Crippen LogP contribution in [0.4, 0.5) is 5.69 Å². The second-order valence-electron chi connectivity index (χ2n) is 7.48. The molecule has 0 saturated carbocycles. The van der Waals surface area contributed by atoms with Gasteiger partial charge in [-0.15, -0.1) is 0 Å². The van der Waals surface area contributed by atoms with Crippen LogP contribution in [-0.4, -0.2) is 50.8 Å². The minimum atomic E-state index is -0.866. The Kier molecular flexibility index (Phi) is 10.0. The van der Waals surface area contributed by atoms with E-state index in [1.54, 1.807) is 31.4 Å². The van der Waals surface area contributed by atoms with E-state index in [1.807, 2.05) is 32.9 Å². The Hall–Kier alpha value is -3.72. The van der Waals surface area contributed by atoms with Gasteiger partial charge in [0, 0.05) is 25.9 Å². The fraction of sp³-hybridized carbons (Fsp3) is 0.333. The number of methoxy groups -OCH3 is 1. The number of anilines is 1. The van der Waals surface area contributed by atoms with Gasteiger partial charge in [0.1, 0.15) is 5.75 Å². The lowest BCUT2D eigenvalue weighted by molar-refractivity contribution is -0.139. The van der Waals surface area contributed by atoms with Crippen molar-refractivity contribution in [2.45, 2.75) is 27.2 Å². The highest BCUT2D eigenvalue weighted by atomic mass is 16.5. The van der Waals surface area contributed by atoms with Gasteiger partial charge in [0.05, 0.1) is 6.21 Å². The van der Waals surface area contributed by atoms with Gasteiger partial charge < -0.3 is 20.1 Å². The molecular formula is C24H30N4O5. The van der Waals surface area contributed by atoms with Crippen LogP contribution in [0.15, 0.2) is 41.5 Å². The number of ether oxygens (including phenoxy) is 2. The molecule has 3 amide bonds. The quantitative estimate of drug-likeness (QED) is 0.220. The number of nitrogens with zero attached hydrogens (tertiary/aromatic N) is 1. The van der Waals surface area contributed by atoms with Gasteiger partial charge in [0.15, 0.2) is 6.61 Å². The molecule has 0 aromatic heterocycles. The summed E-state index contributed by atoms with van der Waals surface area (Å²) in [7, 11) is 1.56. The van der Waals surface area contributed by atoms with E-state index in [0.717, 1.165) is 22.4 Å². The number of nitrogens with one attached hydrogen (secondary N) is 3. The van der Waals surface area contributed by atoms with E-state index < -0.39 is 11.8 Å². The van der Waals surface area contributed by atoms with Crippen molar-refractivity contribution in [1.82, 2.24) is 10.7 Å².